The predicted octanol–water partition coefficient (Wildman–Crippen LogP) is 3.15. The summed E-state index contributed by atoms with van der Waals surface area (Å²) in [5, 5.41) is 2.76. The van der Waals surface area contributed by atoms with Crippen LogP contribution < -0.4 is 14.8 Å². The molecule has 0 saturated carbocycles. The molecule has 7 heteroatoms. The number of methoxy groups -OCH3 is 1. The highest BCUT2D eigenvalue weighted by atomic mass is 16.5. The number of anilines is 1. The molecule has 0 saturated heterocycles. The van der Waals surface area contributed by atoms with Gasteiger partial charge in [-0.05, 0) is 55.5 Å². The molecular weight excluding hydrogens is 372 g/mol. The second-order valence-corrected chi connectivity index (χ2v) is 6.46. The summed E-state index contributed by atoms with van der Waals surface area (Å²) in [4.78, 5) is 36.8. The van der Waals surface area contributed by atoms with Gasteiger partial charge in [0.25, 0.3) is 0 Å². The summed E-state index contributed by atoms with van der Waals surface area (Å²) in [6, 6.07) is 13.9. The van der Waals surface area contributed by atoms with Crippen LogP contribution >= 0.6 is 0 Å². The first kappa shape index (κ1) is 21.9. The van der Waals surface area contributed by atoms with Gasteiger partial charge in [-0.25, -0.2) is 0 Å². The Labute approximate surface area is 170 Å². The fourth-order valence-electron chi connectivity index (χ4n) is 2.62. The Hall–Kier alpha value is -3.35. The summed E-state index contributed by atoms with van der Waals surface area (Å²) in [7, 11) is 1.60. The van der Waals surface area contributed by atoms with Crippen molar-refractivity contribution in [3.63, 3.8) is 0 Å². The van der Waals surface area contributed by atoms with Crippen LogP contribution in [0.2, 0.25) is 0 Å². The molecule has 1 N–H and O–H groups in total. The van der Waals surface area contributed by atoms with E-state index in [0.717, 1.165) is 5.75 Å². The first-order chi connectivity index (χ1) is 13.9. The molecule has 0 aromatic heterocycles. The third-order valence-electron chi connectivity index (χ3n) is 4.32. The lowest BCUT2D eigenvalue weighted by atomic mass is 10.1. The average Bonchev–Trinajstić information content (AvgIpc) is 2.71. The van der Waals surface area contributed by atoms with Crippen molar-refractivity contribution in [1.82, 2.24) is 4.90 Å². The molecule has 0 atom stereocenters. The van der Waals surface area contributed by atoms with Crippen molar-refractivity contribution in [3.05, 3.63) is 54.1 Å². The number of nitrogens with zero attached hydrogens (tertiary/aromatic N) is 1. The van der Waals surface area contributed by atoms with Gasteiger partial charge in [0, 0.05) is 31.1 Å². The van der Waals surface area contributed by atoms with Crippen molar-refractivity contribution in [3.8, 4) is 11.5 Å². The normalized spacial score (nSPS) is 10.2. The van der Waals surface area contributed by atoms with E-state index in [2.05, 4.69) is 5.32 Å². The molecule has 0 fully saturated rings. The predicted molar refractivity (Wildman–Crippen MR) is 110 cm³/mol. The zero-order valence-electron chi connectivity index (χ0n) is 16.9. The van der Waals surface area contributed by atoms with E-state index < -0.39 is 0 Å². The molecule has 0 heterocycles. The molecule has 0 aliphatic heterocycles. The van der Waals surface area contributed by atoms with Gasteiger partial charge >= 0.3 is 0 Å². The summed E-state index contributed by atoms with van der Waals surface area (Å²) < 4.78 is 10.7. The molecular formula is C22H26N2O5. The molecule has 0 aliphatic carbocycles. The Balaban J connectivity index is 1.77. The summed E-state index contributed by atoms with van der Waals surface area (Å²) in [5.74, 6) is 1.06. The molecule has 154 valence electrons. The van der Waals surface area contributed by atoms with E-state index in [1.165, 1.54) is 13.8 Å². The molecule has 2 amide bonds. The van der Waals surface area contributed by atoms with Gasteiger partial charge in [0.05, 0.1) is 13.7 Å². The van der Waals surface area contributed by atoms with Crippen LogP contribution in [0.3, 0.4) is 0 Å². The number of ether oxygens (including phenoxy) is 2. The number of carbonyl (C=O) groups excluding carboxylic acids is 3. The summed E-state index contributed by atoms with van der Waals surface area (Å²) >= 11 is 0. The van der Waals surface area contributed by atoms with Crippen LogP contribution in [0.25, 0.3) is 0 Å². The lowest BCUT2D eigenvalue weighted by molar-refractivity contribution is -0.129. The number of rotatable bonds is 10. The number of benzene rings is 2. The van der Waals surface area contributed by atoms with E-state index in [0.29, 0.717) is 36.7 Å². The van der Waals surface area contributed by atoms with Gasteiger partial charge < -0.3 is 19.7 Å². The topological polar surface area (TPSA) is 84.9 Å². The second kappa shape index (κ2) is 10.8. The zero-order chi connectivity index (χ0) is 21.2. The summed E-state index contributed by atoms with van der Waals surface area (Å²) in [6.45, 7) is 3.94. The Morgan fingerprint density at radius 1 is 0.897 bits per heavy atom. The smallest absolute Gasteiger partial charge is 0.226 e. The maximum absolute atomic E-state index is 12.2. The third kappa shape index (κ3) is 7.29. The Morgan fingerprint density at radius 2 is 1.52 bits per heavy atom. The van der Waals surface area contributed by atoms with E-state index in [1.807, 2.05) is 0 Å². The van der Waals surface area contributed by atoms with Crippen molar-refractivity contribution in [2.75, 3.05) is 32.1 Å². The molecule has 0 aliphatic rings. The van der Waals surface area contributed by atoms with Crippen LogP contribution in [0.1, 0.15) is 30.6 Å². The van der Waals surface area contributed by atoms with Gasteiger partial charge in [0.2, 0.25) is 11.8 Å². The number of nitrogens with one attached hydrogen (secondary N) is 1. The average molecular weight is 398 g/mol. The number of ketones is 1. The largest absolute Gasteiger partial charge is 0.497 e. The minimum absolute atomic E-state index is 0.0307. The first-order valence-electron chi connectivity index (χ1n) is 9.32. The van der Waals surface area contributed by atoms with Gasteiger partial charge in [-0.3, -0.25) is 14.4 Å². The van der Waals surface area contributed by atoms with Crippen LogP contribution in [-0.4, -0.2) is 49.3 Å². The van der Waals surface area contributed by atoms with Gasteiger partial charge in [0.15, 0.2) is 5.78 Å². The minimum Gasteiger partial charge on any atom is -0.497 e. The van der Waals surface area contributed by atoms with Gasteiger partial charge in [-0.2, -0.15) is 0 Å². The highest BCUT2D eigenvalue weighted by molar-refractivity contribution is 5.95. The van der Waals surface area contributed by atoms with Crippen LogP contribution in [0.4, 0.5) is 5.69 Å². The van der Waals surface area contributed by atoms with E-state index in [1.54, 1.807) is 60.5 Å². The van der Waals surface area contributed by atoms with Crippen molar-refractivity contribution < 1.29 is 23.9 Å². The number of hydrogen-bond acceptors (Lipinski definition) is 5. The summed E-state index contributed by atoms with van der Waals surface area (Å²) in [5.41, 5.74) is 1.19. The van der Waals surface area contributed by atoms with Gasteiger partial charge in [0.1, 0.15) is 18.1 Å². The van der Waals surface area contributed by atoms with E-state index in [-0.39, 0.29) is 24.0 Å². The van der Waals surface area contributed by atoms with Crippen molar-refractivity contribution >= 4 is 23.3 Å². The third-order valence-corrected chi connectivity index (χ3v) is 4.32. The van der Waals surface area contributed by atoms with E-state index in [4.69, 9.17) is 9.47 Å². The van der Waals surface area contributed by atoms with Crippen molar-refractivity contribution in [2.24, 2.45) is 0 Å². The molecule has 0 spiro atoms. The number of Topliss-reactive ketones (excluding diaryl/α,β-unsaturated/α-hetero) is 1. The Morgan fingerprint density at radius 3 is 2.07 bits per heavy atom. The number of carbonyl (C=O) groups is 3. The van der Waals surface area contributed by atoms with Gasteiger partial charge in [-0.15, -0.1) is 0 Å². The standard InChI is InChI=1S/C22H26N2O5/c1-16(25)18-4-6-19(7-5-18)23-22(27)12-13-24(17(2)26)14-15-29-21-10-8-20(28-3)9-11-21/h4-11H,12-15H2,1-3H3,(H,23,27). The first-order valence-corrected chi connectivity index (χ1v) is 9.32. The highest BCUT2D eigenvalue weighted by Gasteiger charge is 2.12. The maximum atomic E-state index is 12.2. The lowest BCUT2D eigenvalue weighted by Gasteiger charge is -2.21. The Kier molecular flexibility index (Phi) is 8.21. The molecule has 2 aromatic carbocycles. The van der Waals surface area contributed by atoms with Gasteiger partial charge in [-0.1, -0.05) is 0 Å². The minimum atomic E-state index is -0.206. The molecule has 7 nitrogen and oxygen atoms in total. The fraction of sp³-hybridized carbons (Fsp3) is 0.318. The summed E-state index contributed by atoms with van der Waals surface area (Å²) in [6.07, 6.45) is 0.163. The van der Waals surface area contributed by atoms with Crippen LogP contribution in [0.15, 0.2) is 48.5 Å². The SMILES string of the molecule is COc1ccc(OCCN(CCC(=O)Nc2ccc(C(C)=O)cc2)C(C)=O)cc1. The second-order valence-electron chi connectivity index (χ2n) is 6.46. The molecule has 0 unspecified atom stereocenters. The van der Waals surface area contributed by atoms with Crippen LogP contribution in [0, 0.1) is 0 Å². The molecule has 0 radical (unpaired) electrons. The molecule has 0 bridgehead atoms. The monoisotopic (exact) mass is 398 g/mol. The van der Waals surface area contributed by atoms with Crippen LogP contribution in [-0.2, 0) is 9.59 Å². The fourth-order valence-corrected chi connectivity index (χ4v) is 2.62. The van der Waals surface area contributed by atoms with E-state index in [9.17, 15) is 14.4 Å². The number of amides is 2. The maximum Gasteiger partial charge on any atom is 0.226 e. The van der Waals surface area contributed by atoms with E-state index >= 15 is 0 Å². The van der Waals surface area contributed by atoms with Crippen LogP contribution in [0.5, 0.6) is 11.5 Å². The number of hydrogen-bond donors (Lipinski definition) is 1. The lowest BCUT2D eigenvalue weighted by Crippen LogP contribution is -2.35. The quantitative estimate of drug-likeness (QED) is 0.622. The molecule has 2 rings (SSSR count). The Bertz CT molecular complexity index is 831. The zero-order valence-corrected chi connectivity index (χ0v) is 16.9. The molecule has 2 aromatic rings. The van der Waals surface area contributed by atoms with Crippen molar-refractivity contribution in [2.45, 2.75) is 20.3 Å². The highest BCUT2D eigenvalue weighted by Crippen LogP contribution is 2.17. The van der Waals surface area contributed by atoms with Crippen molar-refractivity contribution in [1.29, 1.82) is 0 Å². The molecule has 29 heavy (non-hydrogen) atoms.